The van der Waals surface area contributed by atoms with Crippen LogP contribution >= 0.6 is 0 Å². The van der Waals surface area contributed by atoms with Crippen LogP contribution in [0, 0.1) is 0 Å². The molecule has 11 heavy (non-hydrogen) atoms. The summed E-state index contributed by atoms with van der Waals surface area (Å²) >= 11 is 0. The average molecular weight is 153 g/mol. The third kappa shape index (κ3) is 1.90. The summed E-state index contributed by atoms with van der Waals surface area (Å²) in [5.74, 6) is 0.227. The highest BCUT2D eigenvalue weighted by Crippen LogP contribution is 2.15. The zero-order valence-electron chi connectivity index (χ0n) is 7.42. The Balaban J connectivity index is 2.66. The summed E-state index contributed by atoms with van der Waals surface area (Å²) in [6.07, 6.45) is 2.94. The number of hydrogen-bond acceptors (Lipinski definition) is 2. The number of Topliss-reactive ketones (excluding diaryl/α,β-unsaturated/α-hetero) is 1. The maximum atomic E-state index is 11.0. The predicted molar refractivity (Wildman–Crippen MR) is 45.5 cm³/mol. The first kappa shape index (κ1) is 8.47. The number of nitrogens with zero attached hydrogens (tertiary/aromatic N) is 1. The van der Waals surface area contributed by atoms with Gasteiger partial charge in [0.05, 0.1) is 0 Å². The number of rotatable bonds is 1. The molecule has 0 aromatic heterocycles. The van der Waals surface area contributed by atoms with E-state index >= 15 is 0 Å². The van der Waals surface area contributed by atoms with E-state index in [-0.39, 0.29) is 5.78 Å². The summed E-state index contributed by atoms with van der Waals surface area (Å²) in [7, 11) is 2.08. The van der Waals surface area contributed by atoms with Crippen molar-refractivity contribution in [2.75, 3.05) is 13.6 Å². The highest BCUT2D eigenvalue weighted by Gasteiger charge is 2.17. The Kier molecular flexibility index (Phi) is 2.45. The van der Waals surface area contributed by atoms with Gasteiger partial charge in [0.25, 0.3) is 0 Å². The topological polar surface area (TPSA) is 20.3 Å². The Morgan fingerprint density at radius 3 is 2.82 bits per heavy atom. The number of likely N-dealkylation sites (N-methyl/N-ethyl adjacent to an activating group) is 1. The van der Waals surface area contributed by atoms with Crippen molar-refractivity contribution in [3.63, 3.8) is 0 Å². The van der Waals surface area contributed by atoms with Crippen molar-refractivity contribution in [3.05, 3.63) is 11.6 Å². The maximum absolute atomic E-state index is 11.0. The fourth-order valence-corrected chi connectivity index (χ4v) is 1.28. The molecule has 0 aromatic rings. The second-order valence-corrected chi connectivity index (χ2v) is 3.28. The summed E-state index contributed by atoms with van der Waals surface area (Å²) in [5, 5.41) is 0. The van der Waals surface area contributed by atoms with Crippen LogP contribution in [-0.2, 0) is 4.79 Å². The van der Waals surface area contributed by atoms with Gasteiger partial charge >= 0.3 is 0 Å². The van der Waals surface area contributed by atoms with Gasteiger partial charge in [0.15, 0.2) is 5.78 Å². The molecule has 0 N–H and O–H groups in total. The highest BCUT2D eigenvalue weighted by atomic mass is 16.1. The molecule has 1 unspecified atom stereocenters. The quantitative estimate of drug-likeness (QED) is 0.564. The van der Waals surface area contributed by atoms with Crippen molar-refractivity contribution in [1.29, 1.82) is 0 Å². The number of ketones is 1. The van der Waals surface area contributed by atoms with Gasteiger partial charge in [0.2, 0.25) is 0 Å². The smallest absolute Gasteiger partial charge is 0.155 e. The maximum Gasteiger partial charge on any atom is 0.155 e. The standard InChI is InChI=1S/C9H15NO/c1-7-6-9(8(2)11)4-5-10(7)3/h4,7H,5-6H2,1-3H3. The van der Waals surface area contributed by atoms with Gasteiger partial charge in [-0.25, -0.2) is 0 Å². The molecule has 1 aliphatic rings. The summed E-state index contributed by atoms with van der Waals surface area (Å²) in [5.41, 5.74) is 0.996. The number of carbonyl (C=O) groups excluding carboxylic acids is 1. The Morgan fingerprint density at radius 2 is 2.36 bits per heavy atom. The van der Waals surface area contributed by atoms with Crippen LogP contribution in [0.15, 0.2) is 11.6 Å². The second kappa shape index (κ2) is 3.18. The van der Waals surface area contributed by atoms with Crippen LogP contribution in [0.3, 0.4) is 0 Å². The van der Waals surface area contributed by atoms with Crippen LogP contribution < -0.4 is 0 Å². The molecule has 0 saturated carbocycles. The Labute approximate surface area is 67.9 Å². The van der Waals surface area contributed by atoms with E-state index in [1.807, 2.05) is 6.08 Å². The normalized spacial score (nSPS) is 26.5. The molecule has 0 aliphatic carbocycles. The lowest BCUT2D eigenvalue weighted by Crippen LogP contribution is -2.33. The molecule has 1 atom stereocenters. The lowest BCUT2D eigenvalue weighted by molar-refractivity contribution is -0.114. The van der Waals surface area contributed by atoms with Gasteiger partial charge in [0.1, 0.15) is 0 Å². The van der Waals surface area contributed by atoms with E-state index in [1.165, 1.54) is 0 Å². The van der Waals surface area contributed by atoms with E-state index in [4.69, 9.17) is 0 Å². The molecule has 0 fully saturated rings. The first-order valence-corrected chi connectivity index (χ1v) is 4.01. The van der Waals surface area contributed by atoms with Gasteiger partial charge in [-0.1, -0.05) is 6.08 Å². The number of carbonyl (C=O) groups is 1. The minimum atomic E-state index is 0.227. The molecular formula is C9H15NO. The lowest BCUT2D eigenvalue weighted by Gasteiger charge is -2.28. The first-order valence-electron chi connectivity index (χ1n) is 4.01. The minimum Gasteiger partial charge on any atom is -0.300 e. The molecule has 0 aromatic carbocycles. The third-order valence-corrected chi connectivity index (χ3v) is 2.35. The third-order valence-electron chi connectivity index (χ3n) is 2.35. The Hall–Kier alpha value is -0.630. The fourth-order valence-electron chi connectivity index (χ4n) is 1.28. The van der Waals surface area contributed by atoms with Gasteiger partial charge in [-0.05, 0) is 32.9 Å². The van der Waals surface area contributed by atoms with Gasteiger partial charge in [-0.3, -0.25) is 9.69 Å². The molecule has 1 heterocycles. The van der Waals surface area contributed by atoms with E-state index in [0.29, 0.717) is 6.04 Å². The summed E-state index contributed by atoms with van der Waals surface area (Å²) in [6, 6.07) is 0.513. The molecular weight excluding hydrogens is 138 g/mol. The Morgan fingerprint density at radius 1 is 1.73 bits per heavy atom. The van der Waals surface area contributed by atoms with Crippen molar-refractivity contribution < 1.29 is 4.79 Å². The van der Waals surface area contributed by atoms with Gasteiger partial charge in [0, 0.05) is 12.6 Å². The molecule has 2 heteroatoms. The van der Waals surface area contributed by atoms with Crippen LogP contribution in [0.1, 0.15) is 20.3 Å². The summed E-state index contributed by atoms with van der Waals surface area (Å²) in [4.78, 5) is 13.2. The van der Waals surface area contributed by atoms with Crippen molar-refractivity contribution in [2.24, 2.45) is 0 Å². The fraction of sp³-hybridized carbons (Fsp3) is 0.667. The van der Waals surface area contributed by atoms with Crippen LogP contribution in [0.25, 0.3) is 0 Å². The molecule has 0 amide bonds. The van der Waals surface area contributed by atoms with Crippen molar-refractivity contribution in [3.8, 4) is 0 Å². The monoisotopic (exact) mass is 153 g/mol. The SMILES string of the molecule is CC(=O)C1=CCN(C)C(C)C1. The van der Waals surface area contributed by atoms with E-state index in [0.717, 1.165) is 18.5 Å². The molecule has 0 bridgehead atoms. The summed E-state index contributed by atoms with van der Waals surface area (Å²) in [6.45, 7) is 4.70. The molecule has 0 saturated heterocycles. The molecule has 1 rings (SSSR count). The van der Waals surface area contributed by atoms with Crippen LogP contribution in [0.2, 0.25) is 0 Å². The highest BCUT2D eigenvalue weighted by molar-refractivity contribution is 5.93. The largest absolute Gasteiger partial charge is 0.300 e. The lowest BCUT2D eigenvalue weighted by atomic mass is 9.99. The second-order valence-electron chi connectivity index (χ2n) is 3.28. The van der Waals surface area contributed by atoms with E-state index < -0.39 is 0 Å². The minimum absolute atomic E-state index is 0.227. The molecule has 62 valence electrons. The average Bonchev–Trinajstić information content (AvgIpc) is 1.94. The zero-order chi connectivity index (χ0) is 8.43. The van der Waals surface area contributed by atoms with Gasteiger partial charge < -0.3 is 0 Å². The first-order chi connectivity index (χ1) is 5.11. The zero-order valence-corrected chi connectivity index (χ0v) is 7.42. The van der Waals surface area contributed by atoms with E-state index in [1.54, 1.807) is 6.92 Å². The van der Waals surface area contributed by atoms with Gasteiger partial charge in [-0.2, -0.15) is 0 Å². The molecule has 2 nitrogen and oxygen atoms in total. The van der Waals surface area contributed by atoms with E-state index in [2.05, 4.69) is 18.9 Å². The van der Waals surface area contributed by atoms with Crippen LogP contribution in [0.4, 0.5) is 0 Å². The van der Waals surface area contributed by atoms with Crippen molar-refractivity contribution in [2.45, 2.75) is 26.3 Å². The Bertz CT molecular complexity index is 196. The van der Waals surface area contributed by atoms with Gasteiger partial charge in [-0.15, -0.1) is 0 Å². The molecule has 0 spiro atoms. The predicted octanol–water partition coefficient (Wildman–Crippen LogP) is 1.23. The van der Waals surface area contributed by atoms with Crippen LogP contribution in [0.5, 0.6) is 0 Å². The van der Waals surface area contributed by atoms with Crippen LogP contribution in [-0.4, -0.2) is 30.3 Å². The van der Waals surface area contributed by atoms with Crippen molar-refractivity contribution >= 4 is 5.78 Å². The number of hydrogen-bond donors (Lipinski definition) is 0. The van der Waals surface area contributed by atoms with Crippen molar-refractivity contribution in [1.82, 2.24) is 4.90 Å². The summed E-state index contributed by atoms with van der Waals surface area (Å²) < 4.78 is 0. The molecule has 1 aliphatic heterocycles. The van der Waals surface area contributed by atoms with E-state index in [9.17, 15) is 4.79 Å². The molecule has 0 radical (unpaired) electrons.